The van der Waals surface area contributed by atoms with E-state index in [1.165, 1.54) is 6.07 Å². The molecule has 0 amide bonds. The standard InChI is InChI=1S/C14H12Cl2FN3S/c1-8-13(21-7-18-8)6-20-12-4-9(16)10(17)5-11(12)19-14(20)2-3-15/h4-5,7H,2-3,6H2,1H3. The normalized spacial score (nSPS) is 11.4. The van der Waals surface area contributed by atoms with Gasteiger partial charge in [0, 0.05) is 23.2 Å². The Balaban J connectivity index is 2.15. The lowest BCUT2D eigenvalue weighted by molar-refractivity contribution is 0.629. The van der Waals surface area contributed by atoms with E-state index in [0.29, 0.717) is 24.4 Å². The Hall–Kier alpha value is -1.17. The molecule has 1 aromatic carbocycles. The van der Waals surface area contributed by atoms with Crippen molar-refractivity contribution < 1.29 is 4.39 Å². The largest absolute Gasteiger partial charge is 0.323 e. The van der Waals surface area contributed by atoms with E-state index >= 15 is 0 Å². The minimum atomic E-state index is -0.458. The first-order chi connectivity index (χ1) is 10.1. The highest BCUT2D eigenvalue weighted by Gasteiger charge is 2.15. The molecule has 0 spiro atoms. The second-order valence-electron chi connectivity index (χ2n) is 4.67. The van der Waals surface area contributed by atoms with Gasteiger partial charge in [0.25, 0.3) is 0 Å². The summed E-state index contributed by atoms with van der Waals surface area (Å²) >= 11 is 13.3. The van der Waals surface area contributed by atoms with Gasteiger partial charge in [-0.1, -0.05) is 11.6 Å². The second-order valence-corrected chi connectivity index (χ2v) is 6.39. The van der Waals surface area contributed by atoms with Crippen molar-refractivity contribution in [2.24, 2.45) is 0 Å². The number of imidazole rings is 1. The maximum Gasteiger partial charge on any atom is 0.144 e. The van der Waals surface area contributed by atoms with Crippen molar-refractivity contribution >= 4 is 45.6 Å². The van der Waals surface area contributed by atoms with Gasteiger partial charge in [-0.3, -0.25) is 0 Å². The summed E-state index contributed by atoms with van der Waals surface area (Å²) in [6.07, 6.45) is 0.618. The Morgan fingerprint density at radius 1 is 1.38 bits per heavy atom. The lowest BCUT2D eigenvalue weighted by Crippen LogP contribution is -2.06. The third-order valence-electron chi connectivity index (χ3n) is 3.33. The van der Waals surface area contributed by atoms with E-state index in [-0.39, 0.29) is 5.02 Å². The van der Waals surface area contributed by atoms with Crippen LogP contribution >= 0.6 is 34.5 Å². The third kappa shape index (κ3) is 2.78. The summed E-state index contributed by atoms with van der Waals surface area (Å²) in [5, 5.41) is 0.0992. The highest BCUT2D eigenvalue weighted by Crippen LogP contribution is 2.26. The number of thiazole rings is 1. The molecule has 0 N–H and O–H groups in total. The molecule has 3 nitrogen and oxygen atoms in total. The molecule has 0 radical (unpaired) electrons. The first kappa shape index (κ1) is 14.8. The monoisotopic (exact) mass is 343 g/mol. The summed E-state index contributed by atoms with van der Waals surface area (Å²) in [5.41, 5.74) is 4.22. The van der Waals surface area contributed by atoms with Crippen LogP contribution in [0, 0.1) is 12.7 Å². The fourth-order valence-electron chi connectivity index (χ4n) is 2.24. The van der Waals surface area contributed by atoms with Crippen LogP contribution in [0.5, 0.6) is 0 Å². The Kier molecular flexibility index (Phi) is 4.15. The zero-order chi connectivity index (χ0) is 15.0. The number of aryl methyl sites for hydroxylation is 2. The number of benzene rings is 1. The molecular formula is C14H12Cl2FN3S. The predicted molar refractivity (Wildman–Crippen MR) is 85.1 cm³/mol. The predicted octanol–water partition coefficient (Wildman–Crippen LogP) is 4.42. The third-order valence-corrected chi connectivity index (χ3v) is 4.73. The lowest BCUT2D eigenvalue weighted by Gasteiger charge is -2.08. The molecule has 0 fully saturated rings. The fourth-order valence-corrected chi connectivity index (χ4v) is 3.34. The van der Waals surface area contributed by atoms with Gasteiger partial charge in [-0.05, 0) is 13.0 Å². The Labute approximate surface area is 135 Å². The smallest absolute Gasteiger partial charge is 0.144 e. The molecule has 0 aliphatic rings. The summed E-state index contributed by atoms with van der Waals surface area (Å²) in [5.74, 6) is 0.830. The number of halogens is 3. The number of nitrogens with zero attached hydrogens (tertiary/aromatic N) is 3. The molecule has 2 aromatic heterocycles. The molecule has 0 atom stereocenters. The minimum absolute atomic E-state index is 0.0992. The van der Waals surface area contributed by atoms with Crippen LogP contribution in [0.1, 0.15) is 16.4 Å². The maximum atomic E-state index is 13.6. The van der Waals surface area contributed by atoms with Gasteiger partial charge in [0.2, 0.25) is 0 Å². The summed E-state index contributed by atoms with van der Waals surface area (Å²) in [7, 11) is 0. The number of hydrogen-bond donors (Lipinski definition) is 0. The van der Waals surface area contributed by atoms with Crippen LogP contribution in [0.3, 0.4) is 0 Å². The van der Waals surface area contributed by atoms with Crippen LogP contribution in [0.2, 0.25) is 5.02 Å². The van der Waals surface area contributed by atoms with Gasteiger partial charge < -0.3 is 4.57 Å². The van der Waals surface area contributed by atoms with E-state index in [1.807, 2.05) is 17.0 Å². The zero-order valence-corrected chi connectivity index (χ0v) is 13.6. The molecule has 0 bridgehead atoms. The Morgan fingerprint density at radius 3 is 2.86 bits per heavy atom. The quantitative estimate of drug-likeness (QED) is 0.656. The molecule has 2 heterocycles. The van der Waals surface area contributed by atoms with Crippen LogP contribution in [0.4, 0.5) is 4.39 Å². The van der Waals surface area contributed by atoms with Crippen molar-refractivity contribution in [2.75, 3.05) is 5.88 Å². The van der Waals surface area contributed by atoms with Crippen LogP contribution in [0.15, 0.2) is 17.6 Å². The molecule has 0 aliphatic heterocycles. The van der Waals surface area contributed by atoms with E-state index in [0.717, 1.165) is 21.9 Å². The number of aromatic nitrogens is 3. The molecule has 3 aromatic rings. The average molecular weight is 344 g/mol. The minimum Gasteiger partial charge on any atom is -0.323 e. The number of alkyl halides is 1. The Morgan fingerprint density at radius 2 is 2.19 bits per heavy atom. The van der Waals surface area contributed by atoms with Gasteiger partial charge in [-0.15, -0.1) is 22.9 Å². The van der Waals surface area contributed by atoms with E-state index in [2.05, 4.69) is 9.97 Å². The van der Waals surface area contributed by atoms with Crippen molar-refractivity contribution in [3.05, 3.63) is 44.9 Å². The summed E-state index contributed by atoms with van der Waals surface area (Å²) in [4.78, 5) is 9.88. The first-order valence-electron chi connectivity index (χ1n) is 6.39. The van der Waals surface area contributed by atoms with Gasteiger partial charge in [0.15, 0.2) is 0 Å². The van der Waals surface area contributed by atoms with Crippen LogP contribution in [-0.2, 0) is 13.0 Å². The zero-order valence-electron chi connectivity index (χ0n) is 11.2. The van der Waals surface area contributed by atoms with Gasteiger partial charge >= 0.3 is 0 Å². The van der Waals surface area contributed by atoms with Crippen molar-refractivity contribution in [2.45, 2.75) is 19.9 Å². The van der Waals surface area contributed by atoms with Crippen LogP contribution in [-0.4, -0.2) is 20.4 Å². The molecular weight excluding hydrogens is 332 g/mol. The van der Waals surface area contributed by atoms with Crippen molar-refractivity contribution in [1.82, 2.24) is 14.5 Å². The molecule has 0 unspecified atom stereocenters. The van der Waals surface area contributed by atoms with Crippen LogP contribution < -0.4 is 0 Å². The van der Waals surface area contributed by atoms with Gasteiger partial charge in [-0.2, -0.15) is 0 Å². The van der Waals surface area contributed by atoms with Crippen molar-refractivity contribution in [1.29, 1.82) is 0 Å². The number of fused-ring (bicyclic) bond motifs is 1. The Bertz CT molecular complexity index is 797. The molecule has 0 aliphatic carbocycles. The van der Waals surface area contributed by atoms with Gasteiger partial charge in [0.05, 0.1) is 33.8 Å². The lowest BCUT2D eigenvalue weighted by atomic mass is 10.3. The summed E-state index contributed by atoms with van der Waals surface area (Å²) < 4.78 is 15.6. The number of rotatable bonds is 4. The van der Waals surface area contributed by atoms with E-state index in [1.54, 1.807) is 17.4 Å². The number of hydrogen-bond acceptors (Lipinski definition) is 3. The first-order valence-corrected chi connectivity index (χ1v) is 8.18. The van der Waals surface area contributed by atoms with E-state index in [9.17, 15) is 4.39 Å². The molecule has 0 saturated carbocycles. The highest BCUT2D eigenvalue weighted by atomic mass is 35.5. The topological polar surface area (TPSA) is 30.7 Å². The molecule has 21 heavy (non-hydrogen) atoms. The van der Waals surface area contributed by atoms with E-state index < -0.39 is 5.82 Å². The van der Waals surface area contributed by atoms with Gasteiger partial charge in [0.1, 0.15) is 11.6 Å². The summed E-state index contributed by atoms with van der Waals surface area (Å²) in [6, 6.07) is 2.98. The van der Waals surface area contributed by atoms with Crippen molar-refractivity contribution in [3.8, 4) is 0 Å². The maximum absolute atomic E-state index is 13.6. The average Bonchev–Trinajstić information content (AvgIpc) is 2.98. The fraction of sp³-hybridized carbons (Fsp3) is 0.286. The molecule has 0 saturated heterocycles. The summed E-state index contributed by atoms with van der Waals surface area (Å²) in [6.45, 7) is 2.61. The van der Waals surface area contributed by atoms with Gasteiger partial charge in [-0.25, -0.2) is 14.4 Å². The van der Waals surface area contributed by atoms with E-state index in [4.69, 9.17) is 23.2 Å². The highest BCUT2D eigenvalue weighted by molar-refractivity contribution is 7.09. The van der Waals surface area contributed by atoms with Crippen molar-refractivity contribution in [3.63, 3.8) is 0 Å². The second kappa shape index (κ2) is 5.91. The molecule has 3 rings (SSSR count). The van der Waals surface area contributed by atoms with Crippen LogP contribution in [0.25, 0.3) is 11.0 Å². The SMILES string of the molecule is Cc1ncsc1Cn1c(CCCl)nc2cc(F)c(Cl)cc21. The molecule has 7 heteroatoms. The molecule has 110 valence electrons.